The number of hydrogen-bond donors (Lipinski definition) is 1. The maximum absolute atomic E-state index is 13.7. The van der Waals surface area contributed by atoms with Crippen LogP contribution in [0.5, 0.6) is 0 Å². The Labute approximate surface area is 173 Å². The second kappa shape index (κ2) is 7.56. The molecule has 0 radical (unpaired) electrons. The zero-order valence-corrected chi connectivity index (χ0v) is 16.9. The van der Waals surface area contributed by atoms with Crippen molar-refractivity contribution in [2.45, 2.75) is 26.1 Å². The molecule has 4 rings (SSSR count). The molecule has 0 saturated heterocycles. The quantitative estimate of drug-likeness (QED) is 0.520. The van der Waals surface area contributed by atoms with E-state index in [0.29, 0.717) is 9.39 Å². The Kier molecular flexibility index (Phi) is 5.06. The Bertz CT molecular complexity index is 1220. The summed E-state index contributed by atoms with van der Waals surface area (Å²) in [5.41, 5.74) is -0.263. The average molecular weight is 434 g/mol. The summed E-state index contributed by atoms with van der Waals surface area (Å²) in [7, 11) is 1.73. The van der Waals surface area contributed by atoms with Crippen LogP contribution in [0.1, 0.15) is 33.5 Å². The van der Waals surface area contributed by atoms with Gasteiger partial charge in [0.25, 0.3) is 5.91 Å². The molecule has 0 bridgehead atoms. The summed E-state index contributed by atoms with van der Waals surface area (Å²) in [5, 5.41) is 10.5. The average Bonchev–Trinajstić information content (AvgIpc) is 3.43. The minimum atomic E-state index is -4.66. The highest BCUT2D eigenvalue weighted by atomic mass is 32.1. The van der Waals surface area contributed by atoms with E-state index >= 15 is 0 Å². The van der Waals surface area contributed by atoms with Crippen molar-refractivity contribution in [2.24, 2.45) is 7.05 Å². The number of halogens is 3. The van der Waals surface area contributed by atoms with E-state index in [4.69, 9.17) is 0 Å². The van der Waals surface area contributed by atoms with Gasteiger partial charge in [-0.05, 0) is 30.7 Å². The van der Waals surface area contributed by atoms with E-state index in [0.717, 1.165) is 29.3 Å². The molecule has 1 amide bonds. The first-order valence-corrected chi connectivity index (χ1v) is 9.89. The molecule has 1 N–H and O–H groups in total. The summed E-state index contributed by atoms with van der Waals surface area (Å²) >= 11 is 1.37. The van der Waals surface area contributed by atoms with Gasteiger partial charge in [-0.1, -0.05) is 6.92 Å². The Morgan fingerprint density at radius 2 is 2.03 bits per heavy atom. The fourth-order valence-electron chi connectivity index (χ4n) is 3.00. The number of thiophene rings is 1. The Morgan fingerprint density at radius 3 is 2.67 bits per heavy atom. The molecule has 7 nitrogen and oxygen atoms in total. The van der Waals surface area contributed by atoms with Gasteiger partial charge in [0.2, 0.25) is 0 Å². The molecule has 11 heteroatoms. The molecule has 30 heavy (non-hydrogen) atoms. The molecule has 0 saturated carbocycles. The molecule has 0 aliphatic carbocycles. The van der Waals surface area contributed by atoms with Crippen molar-refractivity contribution in [1.29, 1.82) is 0 Å². The van der Waals surface area contributed by atoms with Crippen molar-refractivity contribution in [3.05, 3.63) is 58.5 Å². The fraction of sp³-hybridized carbons (Fsp3) is 0.263. The van der Waals surface area contributed by atoms with Crippen LogP contribution in [0.2, 0.25) is 0 Å². The number of nitrogens with zero attached hydrogens (tertiary/aromatic N) is 5. The third kappa shape index (κ3) is 3.67. The van der Waals surface area contributed by atoms with Crippen molar-refractivity contribution in [2.75, 3.05) is 0 Å². The summed E-state index contributed by atoms with van der Waals surface area (Å²) in [6, 6.07) is 6.29. The molecule has 4 aromatic rings. The largest absolute Gasteiger partial charge is 0.433 e. The minimum absolute atomic E-state index is 0.0308. The molecule has 0 unspecified atom stereocenters. The number of hydrogen-bond acceptors (Lipinski definition) is 5. The molecule has 0 spiro atoms. The molecular formula is C19H17F3N6OS. The molecule has 156 valence electrons. The van der Waals surface area contributed by atoms with Crippen LogP contribution in [0, 0.1) is 0 Å². The number of alkyl halides is 3. The van der Waals surface area contributed by atoms with E-state index in [-0.39, 0.29) is 23.4 Å². The third-order valence-electron chi connectivity index (χ3n) is 4.62. The highest BCUT2D eigenvalue weighted by Gasteiger charge is 2.36. The van der Waals surface area contributed by atoms with Crippen LogP contribution in [0.4, 0.5) is 13.2 Å². The first-order chi connectivity index (χ1) is 14.3. The normalized spacial score (nSPS) is 11.9. The van der Waals surface area contributed by atoms with Gasteiger partial charge in [0.1, 0.15) is 5.56 Å². The predicted molar refractivity (Wildman–Crippen MR) is 105 cm³/mol. The van der Waals surface area contributed by atoms with Crippen molar-refractivity contribution >= 4 is 22.9 Å². The molecule has 0 aliphatic heterocycles. The van der Waals surface area contributed by atoms with Gasteiger partial charge in [-0.2, -0.15) is 23.4 Å². The van der Waals surface area contributed by atoms with Gasteiger partial charge in [0.15, 0.2) is 11.3 Å². The van der Waals surface area contributed by atoms with Crippen LogP contribution >= 0.6 is 11.3 Å². The number of fused-ring (bicyclic) bond motifs is 1. The van der Waals surface area contributed by atoms with Gasteiger partial charge in [-0.3, -0.25) is 9.48 Å². The van der Waals surface area contributed by atoms with Crippen LogP contribution in [0.25, 0.3) is 16.2 Å². The summed E-state index contributed by atoms with van der Waals surface area (Å²) < 4.78 is 43.3. The van der Waals surface area contributed by atoms with E-state index < -0.39 is 17.8 Å². The summed E-state index contributed by atoms with van der Waals surface area (Å²) in [4.78, 5) is 18.6. The van der Waals surface area contributed by atoms with Gasteiger partial charge < -0.3 is 5.32 Å². The number of carbonyl (C=O) groups excluding carboxylic acids is 1. The van der Waals surface area contributed by atoms with E-state index in [1.54, 1.807) is 30.1 Å². The summed E-state index contributed by atoms with van der Waals surface area (Å²) in [6.45, 7) is 2.14. The number of nitrogens with one attached hydrogen (secondary N) is 1. The van der Waals surface area contributed by atoms with Gasteiger partial charge in [0.05, 0.1) is 29.0 Å². The van der Waals surface area contributed by atoms with Gasteiger partial charge in [-0.25, -0.2) is 9.50 Å². The standard InChI is InChI=1S/C19H17F3N6OS/c1-3-12-4-5-15(30-12)14-8-16(19(20,21)22)28-17(26-14)13(10-25-28)18(29)23-9-11-6-7-24-27(11)2/h4-8,10H,3,9H2,1-2H3,(H,23,29). The third-order valence-corrected chi connectivity index (χ3v) is 5.87. The van der Waals surface area contributed by atoms with Crippen LogP contribution in [0.15, 0.2) is 36.7 Å². The van der Waals surface area contributed by atoms with Gasteiger partial charge in [0, 0.05) is 18.1 Å². The van der Waals surface area contributed by atoms with Crippen molar-refractivity contribution in [1.82, 2.24) is 29.7 Å². The number of rotatable bonds is 5. The Morgan fingerprint density at radius 1 is 1.23 bits per heavy atom. The number of amides is 1. The van der Waals surface area contributed by atoms with Crippen LogP contribution < -0.4 is 5.32 Å². The van der Waals surface area contributed by atoms with Gasteiger partial charge in [-0.15, -0.1) is 11.3 Å². The number of carbonyl (C=O) groups is 1. The zero-order valence-electron chi connectivity index (χ0n) is 16.1. The molecule has 4 heterocycles. The van der Waals surface area contributed by atoms with Crippen molar-refractivity contribution < 1.29 is 18.0 Å². The molecule has 0 fully saturated rings. The van der Waals surface area contributed by atoms with E-state index in [9.17, 15) is 18.0 Å². The first kappa shape index (κ1) is 20.1. The maximum Gasteiger partial charge on any atom is 0.433 e. The highest BCUT2D eigenvalue weighted by molar-refractivity contribution is 7.15. The van der Waals surface area contributed by atoms with Crippen LogP contribution in [0.3, 0.4) is 0 Å². The predicted octanol–water partition coefficient (Wildman–Crippen LogP) is 3.70. The van der Waals surface area contributed by atoms with Crippen LogP contribution in [-0.2, 0) is 26.2 Å². The second-order valence-corrected chi connectivity index (χ2v) is 7.73. The van der Waals surface area contributed by atoms with Crippen molar-refractivity contribution in [3.8, 4) is 10.6 Å². The molecular weight excluding hydrogens is 417 g/mol. The topological polar surface area (TPSA) is 77.1 Å². The summed E-state index contributed by atoms with van der Waals surface area (Å²) in [5.74, 6) is -0.565. The van der Waals surface area contributed by atoms with E-state index in [2.05, 4.69) is 20.5 Å². The lowest BCUT2D eigenvalue weighted by Crippen LogP contribution is -2.24. The van der Waals surface area contributed by atoms with Crippen LogP contribution in [-0.4, -0.2) is 30.3 Å². The fourth-order valence-corrected chi connectivity index (χ4v) is 3.91. The molecule has 0 aliphatic rings. The molecule has 0 atom stereocenters. The molecule has 0 aromatic carbocycles. The van der Waals surface area contributed by atoms with Gasteiger partial charge >= 0.3 is 6.18 Å². The lowest BCUT2D eigenvalue weighted by Gasteiger charge is -2.11. The lowest BCUT2D eigenvalue weighted by atomic mass is 10.2. The maximum atomic E-state index is 13.7. The Balaban J connectivity index is 1.76. The number of aromatic nitrogens is 5. The molecule has 4 aromatic heterocycles. The highest BCUT2D eigenvalue weighted by Crippen LogP contribution is 2.34. The SMILES string of the molecule is CCc1ccc(-c2cc(C(F)(F)F)n3ncc(C(=O)NCc4ccnn4C)c3n2)s1. The summed E-state index contributed by atoms with van der Waals surface area (Å²) in [6.07, 6.45) is -1.19. The Hall–Kier alpha value is -3.21. The first-order valence-electron chi connectivity index (χ1n) is 9.08. The zero-order chi connectivity index (χ0) is 21.5. The lowest BCUT2D eigenvalue weighted by molar-refractivity contribution is -0.142. The second-order valence-electron chi connectivity index (χ2n) is 6.57. The smallest absolute Gasteiger partial charge is 0.346 e. The number of aryl methyl sites for hydroxylation is 2. The monoisotopic (exact) mass is 434 g/mol. The van der Waals surface area contributed by atoms with E-state index in [1.165, 1.54) is 11.3 Å². The van der Waals surface area contributed by atoms with E-state index in [1.807, 2.05) is 13.0 Å². The minimum Gasteiger partial charge on any atom is -0.346 e. The van der Waals surface area contributed by atoms with Crippen molar-refractivity contribution in [3.63, 3.8) is 0 Å².